The minimum atomic E-state index is -1.42. The van der Waals surface area contributed by atoms with Gasteiger partial charge in [-0.1, -0.05) is 168 Å². The van der Waals surface area contributed by atoms with E-state index in [9.17, 15) is 28.8 Å². The van der Waals surface area contributed by atoms with E-state index in [1.165, 1.54) is 180 Å². The van der Waals surface area contributed by atoms with Crippen molar-refractivity contribution in [2.75, 3.05) is 13.1 Å². The summed E-state index contributed by atoms with van der Waals surface area (Å²) < 4.78 is 0. The van der Waals surface area contributed by atoms with Crippen LogP contribution < -0.4 is 22.9 Å². The number of carboxylic acid groups (broad SMARTS) is 4. The number of carbonyl (C=O) groups is 6. The Morgan fingerprint density at radius 1 is 0.353 bits per heavy atom. The average molecular weight is 969 g/mol. The lowest BCUT2D eigenvalue weighted by Gasteiger charge is -2.33. The number of primary amides is 2. The molecule has 0 spiro atoms. The second kappa shape index (κ2) is 55.8. The van der Waals surface area contributed by atoms with Crippen LogP contribution in [0, 0.1) is 23.7 Å². The lowest BCUT2D eigenvalue weighted by Crippen LogP contribution is -2.44. The monoisotopic (exact) mass is 969 g/mol. The first kappa shape index (κ1) is 70.8. The molecule has 0 aromatic carbocycles. The van der Waals surface area contributed by atoms with Crippen molar-refractivity contribution in [3.05, 3.63) is 24.3 Å². The van der Waals surface area contributed by atoms with E-state index in [0.29, 0.717) is 12.8 Å². The fourth-order valence-corrected chi connectivity index (χ4v) is 7.57. The molecule has 1 rings (SSSR count). The van der Waals surface area contributed by atoms with Gasteiger partial charge in [0.05, 0.1) is 23.7 Å². The molecule has 0 saturated heterocycles. The Morgan fingerprint density at radius 2 is 0.559 bits per heavy atom. The Kier molecular flexibility index (Phi) is 58.1. The lowest BCUT2D eigenvalue weighted by molar-refractivity contribution is -0.167. The van der Waals surface area contributed by atoms with Gasteiger partial charge in [-0.05, 0) is 103 Å². The van der Waals surface area contributed by atoms with Gasteiger partial charge in [-0.2, -0.15) is 0 Å². The van der Waals surface area contributed by atoms with Crippen LogP contribution in [0.5, 0.6) is 0 Å². The van der Waals surface area contributed by atoms with Gasteiger partial charge in [-0.3, -0.25) is 28.8 Å². The molecular weight excluding hydrogens is 865 g/mol. The molecule has 68 heavy (non-hydrogen) atoms. The number of hydrogen-bond donors (Lipinski definition) is 8. The van der Waals surface area contributed by atoms with Crippen LogP contribution in [0.1, 0.15) is 246 Å². The number of allylic oxidation sites excluding steroid dienone is 4. The van der Waals surface area contributed by atoms with Crippen LogP contribution in [0.3, 0.4) is 0 Å². The van der Waals surface area contributed by atoms with Gasteiger partial charge in [-0.15, -0.1) is 0 Å². The minimum absolute atomic E-state index is 0.211. The van der Waals surface area contributed by atoms with E-state index in [0.717, 1.165) is 25.9 Å². The summed E-state index contributed by atoms with van der Waals surface area (Å²) >= 11 is 0. The third kappa shape index (κ3) is 53.2. The van der Waals surface area contributed by atoms with E-state index in [2.05, 4.69) is 38.2 Å². The van der Waals surface area contributed by atoms with Gasteiger partial charge < -0.3 is 43.4 Å². The molecule has 1 saturated carbocycles. The van der Waals surface area contributed by atoms with Gasteiger partial charge in [0.2, 0.25) is 11.8 Å². The highest BCUT2D eigenvalue weighted by molar-refractivity contribution is 5.85. The van der Waals surface area contributed by atoms with Crippen LogP contribution in [0.25, 0.3) is 0 Å². The van der Waals surface area contributed by atoms with Crippen LogP contribution in [0.4, 0.5) is 0 Å². The summed E-state index contributed by atoms with van der Waals surface area (Å²) in [5.41, 5.74) is 20.5. The Hall–Kier alpha value is -3.78. The van der Waals surface area contributed by atoms with Crippen molar-refractivity contribution in [1.82, 2.24) is 0 Å². The molecule has 0 heterocycles. The minimum Gasteiger partial charge on any atom is -0.481 e. The molecule has 4 unspecified atom stereocenters. The molecule has 0 aromatic rings. The molecule has 4 atom stereocenters. The summed E-state index contributed by atoms with van der Waals surface area (Å²) in [5, 5.41) is 35.5. The number of carbonyl (C=O) groups excluding carboxylic acids is 2. The molecule has 14 heteroatoms. The fourth-order valence-electron chi connectivity index (χ4n) is 7.57. The number of unbranched alkanes of at least 4 members (excludes halogenated alkanes) is 24. The van der Waals surface area contributed by atoms with Crippen molar-refractivity contribution < 1.29 is 49.2 Å². The predicted octanol–water partition coefficient (Wildman–Crippen LogP) is 12.1. The van der Waals surface area contributed by atoms with Crippen LogP contribution in [0.2, 0.25) is 0 Å². The molecule has 0 bridgehead atoms. The number of carboxylic acids is 4. The highest BCUT2D eigenvalue weighted by atomic mass is 16.4. The summed E-state index contributed by atoms with van der Waals surface area (Å²) in [7, 11) is 0. The largest absolute Gasteiger partial charge is 0.481 e. The SMILES string of the molecule is CCCC(N)=O.CCCC(N)=O.CCCCCCCCC=CCCCCCCCCN.CCCCCCCCC=CCCCCCCCCN.O=C(O)C1CC(C(=O)O)C(C(=O)O)CC1C(=O)O. The van der Waals surface area contributed by atoms with Gasteiger partial charge in [0, 0.05) is 12.8 Å². The first-order chi connectivity index (χ1) is 32.6. The summed E-state index contributed by atoms with van der Waals surface area (Å²) in [6, 6.07) is 0. The highest BCUT2D eigenvalue weighted by Crippen LogP contribution is 2.39. The van der Waals surface area contributed by atoms with E-state index in [1.807, 2.05) is 13.8 Å². The number of nitrogens with two attached hydrogens (primary N) is 4. The molecule has 2 amide bonds. The van der Waals surface area contributed by atoms with Gasteiger partial charge in [0.25, 0.3) is 0 Å². The van der Waals surface area contributed by atoms with Gasteiger partial charge in [-0.25, -0.2) is 0 Å². The molecule has 14 nitrogen and oxygen atoms in total. The standard InChI is InChI=1S/2C18H37N.C10H12O8.2C4H9NO/c2*1-2-3-4-5-6-7-8-9-10-11-12-13-14-15-16-17-18-19;11-7(12)3-1-4(8(13)14)6(10(17)18)2-5(3)9(15)16;2*1-2-3-4(5)6/h2*9-10H,2-8,11-19H2,1H3;3-6H,1-2H2,(H,11,12)(H,13,14)(H,15,16)(H,17,18);2*2-3H2,1H3,(H2,5,6). The van der Waals surface area contributed by atoms with Gasteiger partial charge in [0.15, 0.2) is 0 Å². The Bertz CT molecular complexity index is 1130. The molecule has 0 aromatic heterocycles. The smallest absolute Gasteiger partial charge is 0.307 e. The molecule has 0 aliphatic heterocycles. The topological polar surface area (TPSA) is 287 Å². The van der Waals surface area contributed by atoms with Crippen molar-refractivity contribution in [3.8, 4) is 0 Å². The van der Waals surface area contributed by atoms with Crippen LogP contribution in [-0.2, 0) is 28.8 Å². The van der Waals surface area contributed by atoms with Crippen molar-refractivity contribution in [1.29, 1.82) is 0 Å². The number of rotatable bonds is 38. The van der Waals surface area contributed by atoms with Crippen LogP contribution >= 0.6 is 0 Å². The maximum Gasteiger partial charge on any atom is 0.307 e. The van der Waals surface area contributed by atoms with Crippen LogP contribution in [0.15, 0.2) is 24.3 Å². The Labute approximate surface area is 413 Å². The lowest BCUT2D eigenvalue weighted by atomic mass is 9.68. The fraction of sp³-hybridized carbons (Fsp3) is 0.815. The van der Waals surface area contributed by atoms with Crippen molar-refractivity contribution in [3.63, 3.8) is 0 Å². The molecule has 400 valence electrons. The molecule has 0 radical (unpaired) electrons. The van der Waals surface area contributed by atoms with E-state index in [1.54, 1.807) is 0 Å². The third-order valence-corrected chi connectivity index (χ3v) is 11.7. The number of hydrogen-bond acceptors (Lipinski definition) is 8. The molecule has 1 fully saturated rings. The van der Waals surface area contributed by atoms with Crippen molar-refractivity contribution in [2.24, 2.45) is 46.6 Å². The summed E-state index contributed by atoms with van der Waals surface area (Å²) in [6.07, 6.45) is 49.5. The second-order valence-electron chi connectivity index (χ2n) is 18.1. The molecule has 12 N–H and O–H groups in total. The predicted molar refractivity (Wildman–Crippen MR) is 279 cm³/mol. The second-order valence-corrected chi connectivity index (χ2v) is 18.1. The van der Waals surface area contributed by atoms with Crippen molar-refractivity contribution >= 4 is 35.7 Å². The summed E-state index contributed by atoms with van der Waals surface area (Å²) in [6.45, 7) is 10.1. The van der Waals surface area contributed by atoms with E-state index in [4.69, 9.17) is 43.4 Å². The highest BCUT2D eigenvalue weighted by Gasteiger charge is 2.49. The summed E-state index contributed by atoms with van der Waals surface area (Å²) in [4.78, 5) is 63.3. The summed E-state index contributed by atoms with van der Waals surface area (Å²) in [5.74, 6) is -11.6. The van der Waals surface area contributed by atoms with Gasteiger partial charge in [0.1, 0.15) is 0 Å². The number of amides is 2. The van der Waals surface area contributed by atoms with Gasteiger partial charge >= 0.3 is 23.9 Å². The van der Waals surface area contributed by atoms with E-state index in [-0.39, 0.29) is 11.8 Å². The third-order valence-electron chi connectivity index (χ3n) is 11.7. The van der Waals surface area contributed by atoms with E-state index >= 15 is 0 Å². The zero-order valence-electron chi connectivity index (χ0n) is 43.6. The average Bonchev–Trinajstić information content (AvgIpc) is 3.29. The first-order valence-corrected chi connectivity index (χ1v) is 26.8. The zero-order chi connectivity index (χ0) is 52.1. The molecule has 1 aliphatic rings. The maximum absolute atomic E-state index is 10.9. The molecule has 1 aliphatic carbocycles. The molecular formula is C54H104N4O10. The quantitative estimate of drug-likeness (QED) is 0.0212. The van der Waals surface area contributed by atoms with Crippen molar-refractivity contribution in [2.45, 2.75) is 246 Å². The Balaban J connectivity index is -0.000000402. The normalized spacial score (nSPS) is 16.2. The first-order valence-electron chi connectivity index (χ1n) is 26.8. The number of aliphatic carboxylic acids is 4. The van der Waals surface area contributed by atoms with Crippen LogP contribution in [-0.4, -0.2) is 69.2 Å². The zero-order valence-corrected chi connectivity index (χ0v) is 43.6. The maximum atomic E-state index is 10.9. The van der Waals surface area contributed by atoms with E-state index < -0.39 is 60.4 Å². The Morgan fingerprint density at radius 3 is 0.721 bits per heavy atom.